The van der Waals surface area contributed by atoms with E-state index in [9.17, 15) is 0 Å². The molecule has 1 aromatic carbocycles. The van der Waals surface area contributed by atoms with Gasteiger partial charge in [-0.2, -0.15) is 0 Å². The Hall–Kier alpha value is -0.770. The molecule has 17 heavy (non-hydrogen) atoms. The van der Waals surface area contributed by atoms with Crippen molar-refractivity contribution in [3.63, 3.8) is 0 Å². The van der Waals surface area contributed by atoms with Gasteiger partial charge in [0.2, 0.25) is 0 Å². The Labute approximate surface area is 109 Å². The standard InChI is InChI=1S/C12H13Cl2N3/c13-7-3-10-11(4-8(7)14)17-12(16-10)5-9(15)6-1-2-6/h3-4,6,9H,1-2,5,15H2,(H,16,17). The van der Waals surface area contributed by atoms with E-state index in [-0.39, 0.29) is 6.04 Å². The van der Waals surface area contributed by atoms with Crippen LogP contribution in [0.4, 0.5) is 0 Å². The Bertz CT molecular complexity index is 521. The Morgan fingerprint density at radius 1 is 1.35 bits per heavy atom. The van der Waals surface area contributed by atoms with E-state index in [1.165, 1.54) is 12.8 Å². The molecule has 1 aliphatic rings. The zero-order valence-corrected chi connectivity index (χ0v) is 10.7. The number of nitrogens with one attached hydrogen (secondary N) is 1. The number of halogens is 2. The van der Waals surface area contributed by atoms with Gasteiger partial charge >= 0.3 is 0 Å². The third kappa shape index (κ3) is 2.28. The van der Waals surface area contributed by atoms with Crippen molar-refractivity contribution in [2.45, 2.75) is 25.3 Å². The summed E-state index contributed by atoms with van der Waals surface area (Å²) < 4.78 is 0. The highest BCUT2D eigenvalue weighted by atomic mass is 35.5. The second kappa shape index (κ2) is 4.16. The summed E-state index contributed by atoms with van der Waals surface area (Å²) in [6.07, 6.45) is 3.28. The number of rotatable bonds is 3. The summed E-state index contributed by atoms with van der Waals surface area (Å²) in [5.74, 6) is 1.59. The molecule has 2 aromatic rings. The summed E-state index contributed by atoms with van der Waals surface area (Å²) in [7, 11) is 0. The van der Waals surface area contributed by atoms with Crippen molar-refractivity contribution in [3.8, 4) is 0 Å². The smallest absolute Gasteiger partial charge is 0.108 e. The van der Waals surface area contributed by atoms with Gasteiger partial charge in [-0.3, -0.25) is 0 Å². The van der Waals surface area contributed by atoms with E-state index < -0.39 is 0 Å². The minimum atomic E-state index is 0.210. The molecule has 0 aliphatic heterocycles. The van der Waals surface area contributed by atoms with Gasteiger partial charge in [0.15, 0.2) is 0 Å². The molecule has 1 unspecified atom stereocenters. The minimum Gasteiger partial charge on any atom is -0.342 e. The second-order valence-corrected chi connectivity index (χ2v) is 5.49. The van der Waals surface area contributed by atoms with Crippen LogP contribution in [-0.2, 0) is 6.42 Å². The first-order chi connectivity index (χ1) is 8.13. The van der Waals surface area contributed by atoms with Crippen LogP contribution in [0.2, 0.25) is 10.0 Å². The van der Waals surface area contributed by atoms with Gasteiger partial charge in [-0.1, -0.05) is 23.2 Å². The van der Waals surface area contributed by atoms with Crippen molar-refractivity contribution in [2.75, 3.05) is 0 Å². The molecule has 5 heteroatoms. The van der Waals surface area contributed by atoms with Crippen molar-refractivity contribution < 1.29 is 0 Å². The van der Waals surface area contributed by atoms with E-state index in [4.69, 9.17) is 28.9 Å². The highest BCUT2D eigenvalue weighted by molar-refractivity contribution is 6.42. The molecule has 0 bridgehead atoms. The summed E-state index contributed by atoms with van der Waals surface area (Å²) in [6.45, 7) is 0. The molecular weight excluding hydrogens is 257 g/mol. The molecule has 3 rings (SSSR count). The lowest BCUT2D eigenvalue weighted by molar-refractivity contribution is 0.579. The summed E-state index contributed by atoms with van der Waals surface area (Å²) in [4.78, 5) is 7.73. The first-order valence-electron chi connectivity index (χ1n) is 5.72. The molecule has 0 spiro atoms. The van der Waals surface area contributed by atoms with Gasteiger partial charge in [0, 0.05) is 12.5 Å². The van der Waals surface area contributed by atoms with Crippen molar-refractivity contribution >= 4 is 34.2 Å². The molecule has 0 radical (unpaired) electrons. The second-order valence-electron chi connectivity index (χ2n) is 4.67. The zero-order chi connectivity index (χ0) is 12.0. The molecule has 1 aliphatic carbocycles. The number of H-pyrrole nitrogens is 1. The molecule has 0 saturated heterocycles. The Kier molecular flexibility index (Phi) is 2.77. The molecule has 90 valence electrons. The number of imidazole rings is 1. The van der Waals surface area contributed by atoms with Gasteiger partial charge in [0.05, 0.1) is 21.1 Å². The van der Waals surface area contributed by atoms with E-state index in [1.807, 2.05) is 0 Å². The minimum absolute atomic E-state index is 0.210. The lowest BCUT2D eigenvalue weighted by Gasteiger charge is -2.06. The monoisotopic (exact) mass is 269 g/mol. The fraction of sp³-hybridized carbons (Fsp3) is 0.417. The van der Waals surface area contributed by atoms with E-state index in [0.717, 1.165) is 23.3 Å². The number of aromatic amines is 1. The van der Waals surface area contributed by atoms with Crippen LogP contribution in [-0.4, -0.2) is 16.0 Å². The molecule has 1 heterocycles. The van der Waals surface area contributed by atoms with Crippen LogP contribution >= 0.6 is 23.2 Å². The third-order valence-corrected chi connectivity index (χ3v) is 3.95. The van der Waals surface area contributed by atoms with Gasteiger partial charge in [-0.15, -0.1) is 0 Å². The van der Waals surface area contributed by atoms with E-state index in [2.05, 4.69) is 9.97 Å². The summed E-state index contributed by atoms with van der Waals surface area (Å²) in [6, 6.07) is 3.79. The highest BCUT2D eigenvalue weighted by Crippen LogP contribution is 2.33. The molecule has 1 atom stereocenters. The first kappa shape index (κ1) is 11.3. The van der Waals surface area contributed by atoms with E-state index in [0.29, 0.717) is 16.0 Å². The van der Waals surface area contributed by atoms with E-state index >= 15 is 0 Å². The Morgan fingerprint density at radius 2 is 2.06 bits per heavy atom. The van der Waals surface area contributed by atoms with Gasteiger partial charge in [0.25, 0.3) is 0 Å². The number of aromatic nitrogens is 2. The predicted molar refractivity (Wildman–Crippen MR) is 70.5 cm³/mol. The summed E-state index contributed by atoms with van der Waals surface area (Å²) in [5, 5.41) is 1.07. The van der Waals surface area contributed by atoms with Crippen LogP contribution in [0, 0.1) is 5.92 Å². The number of fused-ring (bicyclic) bond motifs is 1. The lowest BCUT2D eigenvalue weighted by Crippen LogP contribution is -2.25. The SMILES string of the molecule is NC(Cc1nc2cc(Cl)c(Cl)cc2[nH]1)C1CC1. The fourth-order valence-electron chi connectivity index (χ4n) is 2.07. The van der Waals surface area contributed by atoms with Crippen LogP contribution < -0.4 is 5.73 Å². The fourth-order valence-corrected chi connectivity index (χ4v) is 2.39. The van der Waals surface area contributed by atoms with Crippen molar-refractivity contribution in [2.24, 2.45) is 11.7 Å². The molecule has 3 nitrogen and oxygen atoms in total. The molecular formula is C12H13Cl2N3. The summed E-state index contributed by atoms with van der Waals surface area (Å²) in [5.41, 5.74) is 7.84. The Balaban J connectivity index is 1.90. The maximum absolute atomic E-state index is 6.08. The largest absolute Gasteiger partial charge is 0.342 e. The van der Waals surface area contributed by atoms with E-state index in [1.54, 1.807) is 12.1 Å². The zero-order valence-electron chi connectivity index (χ0n) is 9.21. The molecule has 1 saturated carbocycles. The topological polar surface area (TPSA) is 54.7 Å². The van der Waals surface area contributed by atoms with Crippen LogP contribution in [0.15, 0.2) is 12.1 Å². The number of hydrogen-bond donors (Lipinski definition) is 2. The quantitative estimate of drug-likeness (QED) is 0.900. The van der Waals surface area contributed by atoms with Crippen molar-refractivity contribution in [1.29, 1.82) is 0 Å². The average Bonchev–Trinajstić information content (AvgIpc) is 3.04. The van der Waals surface area contributed by atoms with Crippen LogP contribution in [0.25, 0.3) is 11.0 Å². The number of nitrogens with two attached hydrogens (primary N) is 1. The Morgan fingerprint density at radius 3 is 2.76 bits per heavy atom. The van der Waals surface area contributed by atoms with Gasteiger partial charge < -0.3 is 10.7 Å². The summed E-state index contributed by atoms with van der Waals surface area (Å²) >= 11 is 11.9. The van der Waals surface area contributed by atoms with Gasteiger partial charge in [0.1, 0.15) is 5.82 Å². The van der Waals surface area contributed by atoms with Crippen molar-refractivity contribution in [3.05, 3.63) is 28.0 Å². The molecule has 1 fully saturated rings. The van der Waals surface area contributed by atoms with Crippen LogP contribution in [0.3, 0.4) is 0 Å². The highest BCUT2D eigenvalue weighted by Gasteiger charge is 2.29. The third-order valence-electron chi connectivity index (χ3n) is 3.23. The number of benzene rings is 1. The first-order valence-corrected chi connectivity index (χ1v) is 6.48. The number of nitrogens with zero attached hydrogens (tertiary/aromatic N) is 1. The van der Waals surface area contributed by atoms with Gasteiger partial charge in [-0.25, -0.2) is 4.98 Å². The maximum atomic E-state index is 6.08. The lowest BCUT2D eigenvalue weighted by atomic mass is 10.1. The number of hydrogen-bond acceptors (Lipinski definition) is 2. The maximum Gasteiger partial charge on any atom is 0.108 e. The van der Waals surface area contributed by atoms with Crippen molar-refractivity contribution in [1.82, 2.24) is 9.97 Å². The molecule has 0 amide bonds. The average molecular weight is 270 g/mol. The normalized spacial score (nSPS) is 17.6. The molecule has 1 aromatic heterocycles. The molecule has 3 N–H and O–H groups in total. The predicted octanol–water partition coefficient (Wildman–Crippen LogP) is 3.15. The van der Waals surface area contributed by atoms with Gasteiger partial charge in [-0.05, 0) is 30.9 Å². The van der Waals surface area contributed by atoms with Crippen LogP contribution in [0.1, 0.15) is 18.7 Å². The van der Waals surface area contributed by atoms with Crippen LogP contribution in [0.5, 0.6) is 0 Å².